The zero-order chi connectivity index (χ0) is 17.5. The van der Waals surface area contributed by atoms with Crippen LogP contribution in [-0.2, 0) is 4.79 Å². The second kappa shape index (κ2) is 15.0. The van der Waals surface area contributed by atoms with E-state index >= 15 is 0 Å². The van der Waals surface area contributed by atoms with E-state index in [2.05, 4.69) is 26.1 Å². The molecule has 2 atom stereocenters. The summed E-state index contributed by atoms with van der Waals surface area (Å²) in [4.78, 5) is 10.6. The first-order chi connectivity index (χ1) is 11.1. The topological polar surface area (TPSA) is 49.3 Å². The zero-order valence-corrected chi connectivity index (χ0v) is 16.1. The summed E-state index contributed by atoms with van der Waals surface area (Å²) in [6.45, 7) is 7.89. The molecule has 2 unspecified atom stereocenters. The predicted octanol–water partition coefficient (Wildman–Crippen LogP) is 5.49. The average molecular weight is 328 g/mol. The van der Waals surface area contributed by atoms with Gasteiger partial charge in [-0.2, -0.15) is 0 Å². The summed E-state index contributed by atoms with van der Waals surface area (Å²) in [5.74, 6) is 1.55. The van der Waals surface area contributed by atoms with E-state index in [0.29, 0.717) is 12.3 Å². The number of rotatable bonds is 10. The van der Waals surface area contributed by atoms with Gasteiger partial charge >= 0.3 is 5.97 Å². The lowest BCUT2D eigenvalue weighted by atomic mass is 9.78. The first-order valence-corrected chi connectivity index (χ1v) is 9.93. The molecule has 1 aliphatic rings. The van der Waals surface area contributed by atoms with Crippen molar-refractivity contribution in [1.82, 2.24) is 5.32 Å². The highest BCUT2D eigenvalue weighted by Gasteiger charge is 2.23. The maximum atomic E-state index is 10.6. The van der Waals surface area contributed by atoms with Gasteiger partial charge in [0.15, 0.2) is 0 Å². The maximum Gasteiger partial charge on any atom is 0.303 e. The fourth-order valence-electron chi connectivity index (χ4n) is 3.65. The summed E-state index contributed by atoms with van der Waals surface area (Å²) >= 11 is 0. The summed E-state index contributed by atoms with van der Waals surface area (Å²) in [6.07, 6.45) is 13.1. The summed E-state index contributed by atoms with van der Waals surface area (Å²) < 4.78 is 0. The van der Waals surface area contributed by atoms with Crippen molar-refractivity contribution < 1.29 is 9.90 Å². The van der Waals surface area contributed by atoms with Crippen molar-refractivity contribution in [1.29, 1.82) is 0 Å². The van der Waals surface area contributed by atoms with Crippen molar-refractivity contribution in [2.75, 3.05) is 13.6 Å². The third-order valence-electron chi connectivity index (χ3n) is 5.22. The normalized spacial score (nSPS) is 20.9. The lowest BCUT2D eigenvalue weighted by Gasteiger charge is -2.28. The zero-order valence-electron chi connectivity index (χ0n) is 16.1. The Morgan fingerprint density at radius 3 is 2.26 bits per heavy atom. The number of nitrogens with one attached hydrogen (secondary N) is 1. The monoisotopic (exact) mass is 327 g/mol. The summed E-state index contributed by atoms with van der Waals surface area (Å²) in [5.41, 5.74) is 0. The van der Waals surface area contributed by atoms with Gasteiger partial charge in [-0.3, -0.25) is 4.79 Å². The molecule has 0 amide bonds. The molecule has 3 nitrogen and oxygen atoms in total. The van der Waals surface area contributed by atoms with Crippen LogP contribution in [0.1, 0.15) is 91.4 Å². The van der Waals surface area contributed by atoms with Crippen molar-refractivity contribution in [2.24, 2.45) is 17.8 Å². The maximum absolute atomic E-state index is 10.6. The molecule has 0 aromatic rings. The Bertz CT molecular complexity index is 277. The van der Waals surface area contributed by atoms with Crippen LogP contribution < -0.4 is 5.32 Å². The third kappa shape index (κ3) is 12.5. The largest absolute Gasteiger partial charge is 0.481 e. The molecule has 0 aromatic carbocycles. The van der Waals surface area contributed by atoms with Crippen LogP contribution in [-0.4, -0.2) is 24.7 Å². The number of hydrogen-bond donors (Lipinski definition) is 2. The molecule has 0 radical (unpaired) electrons. The molecule has 0 aliphatic heterocycles. The highest BCUT2D eigenvalue weighted by Crippen LogP contribution is 2.33. The van der Waals surface area contributed by atoms with E-state index in [1.807, 2.05) is 7.05 Å². The lowest BCUT2D eigenvalue weighted by molar-refractivity contribution is -0.138. The number of carboxylic acid groups (broad SMARTS) is 1. The SMILES string of the molecule is CCC(CC)CNC.CCCCCC1CCCC(CC(=O)O)C1. The molecule has 1 saturated carbocycles. The average Bonchev–Trinajstić information content (AvgIpc) is 2.53. The number of carboxylic acids is 1. The minimum atomic E-state index is -0.616. The lowest BCUT2D eigenvalue weighted by Crippen LogP contribution is -2.18. The molecule has 23 heavy (non-hydrogen) atoms. The highest BCUT2D eigenvalue weighted by molar-refractivity contribution is 5.67. The fraction of sp³-hybridized carbons (Fsp3) is 0.950. The Morgan fingerprint density at radius 2 is 1.78 bits per heavy atom. The Hall–Kier alpha value is -0.570. The van der Waals surface area contributed by atoms with Crippen LogP contribution in [0.5, 0.6) is 0 Å². The second-order valence-corrected chi connectivity index (χ2v) is 7.23. The van der Waals surface area contributed by atoms with E-state index in [-0.39, 0.29) is 0 Å². The van der Waals surface area contributed by atoms with Crippen LogP contribution in [0.15, 0.2) is 0 Å². The summed E-state index contributed by atoms with van der Waals surface area (Å²) in [5, 5.41) is 11.9. The molecule has 1 aliphatic carbocycles. The Balaban J connectivity index is 0.000000515. The van der Waals surface area contributed by atoms with E-state index in [4.69, 9.17) is 5.11 Å². The molecule has 3 heteroatoms. The molecule has 1 rings (SSSR count). The van der Waals surface area contributed by atoms with Gasteiger partial charge in [0.1, 0.15) is 0 Å². The van der Waals surface area contributed by atoms with Crippen LogP contribution in [0.2, 0.25) is 0 Å². The van der Waals surface area contributed by atoms with Crippen molar-refractivity contribution in [3.05, 3.63) is 0 Å². The van der Waals surface area contributed by atoms with Crippen molar-refractivity contribution in [3.63, 3.8) is 0 Å². The van der Waals surface area contributed by atoms with Gasteiger partial charge in [0.2, 0.25) is 0 Å². The highest BCUT2D eigenvalue weighted by atomic mass is 16.4. The molecule has 0 spiro atoms. The van der Waals surface area contributed by atoms with Gasteiger partial charge in [-0.1, -0.05) is 72.1 Å². The van der Waals surface area contributed by atoms with Crippen molar-refractivity contribution >= 4 is 5.97 Å². The molecule has 138 valence electrons. The van der Waals surface area contributed by atoms with Gasteiger partial charge in [-0.15, -0.1) is 0 Å². The van der Waals surface area contributed by atoms with Gasteiger partial charge in [0.25, 0.3) is 0 Å². The number of hydrogen-bond acceptors (Lipinski definition) is 2. The third-order valence-corrected chi connectivity index (χ3v) is 5.22. The standard InChI is InChI=1S/C13H24O2.C7H17N/c1-2-3-4-6-11-7-5-8-12(9-11)10-13(14)15;1-4-7(5-2)6-8-3/h11-12H,2-10H2,1H3,(H,14,15);7-8H,4-6H2,1-3H3. The molecule has 0 aromatic heterocycles. The smallest absolute Gasteiger partial charge is 0.303 e. The predicted molar refractivity (Wildman–Crippen MR) is 99.8 cm³/mol. The van der Waals surface area contributed by atoms with Crippen molar-refractivity contribution in [3.8, 4) is 0 Å². The van der Waals surface area contributed by atoms with E-state index in [1.165, 1.54) is 57.9 Å². The van der Waals surface area contributed by atoms with Gasteiger partial charge in [-0.25, -0.2) is 0 Å². The molecular formula is C20H41NO2. The molecule has 1 fully saturated rings. The molecule has 0 heterocycles. The first kappa shape index (κ1) is 22.4. The van der Waals surface area contributed by atoms with Crippen LogP contribution in [0.3, 0.4) is 0 Å². The second-order valence-electron chi connectivity index (χ2n) is 7.23. The van der Waals surface area contributed by atoms with Gasteiger partial charge in [0, 0.05) is 6.42 Å². The summed E-state index contributed by atoms with van der Waals surface area (Å²) in [6, 6.07) is 0. The van der Waals surface area contributed by atoms with Crippen LogP contribution in [0.4, 0.5) is 0 Å². The fourth-order valence-corrected chi connectivity index (χ4v) is 3.65. The van der Waals surface area contributed by atoms with E-state index < -0.39 is 5.97 Å². The molecule has 0 bridgehead atoms. The molecular weight excluding hydrogens is 286 g/mol. The first-order valence-electron chi connectivity index (χ1n) is 9.93. The number of unbranched alkanes of at least 4 members (excludes halogenated alkanes) is 2. The van der Waals surface area contributed by atoms with Crippen molar-refractivity contribution in [2.45, 2.75) is 91.4 Å². The molecule has 0 saturated heterocycles. The quantitative estimate of drug-likeness (QED) is 0.522. The molecule has 2 N–H and O–H groups in total. The van der Waals surface area contributed by atoms with Gasteiger partial charge < -0.3 is 10.4 Å². The minimum absolute atomic E-state index is 0.393. The Morgan fingerprint density at radius 1 is 1.13 bits per heavy atom. The van der Waals surface area contributed by atoms with Gasteiger partial charge in [-0.05, 0) is 44.2 Å². The summed E-state index contributed by atoms with van der Waals surface area (Å²) in [7, 11) is 2.01. The van der Waals surface area contributed by atoms with Crippen LogP contribution in [0, 0.1) is 17.8 Å². The minimum Gasteiger partial charge on any atom is -0.481 e. The van der Waals surface area contributed by atoms with Crippen LogP contribution in [0.25, 0.3) is 0 Å². The van der Waals surface area contributed by atoms with Gasteiger partial charge in [0.05, 0.1) is 0 Å². The van der Waals surface area contributed by atoms with E-state index in [0.717, 1.165) is 24.7 Å². The van der Waals surface area contributed by atoms with E-state index in [1.54, 1.807) is 0 Å². The Labute approximate surface area is 144 Å². The number of aliphatic carboxylic acids is 1. The van der Waals surface area contributed by atoms with E-state index in [9.17, 15) is 4.79 Å². The Kier molecular flexibility index (Phi) is 14.6. The number of carbonyl (C=O) groups is 1. The van der Waals surface area contributed by atoms with Crippen LogP contribution >= 0.6 is 0 Å².